The summed E-state index contributed by atoms with van der Waals surface area (Å²) in [5.41, 5.74) is 2.67. The Bertz CT molecular complexity index is 502. The monoisotopic (exact) mass is 334 g/mol. The van der Waals surface area contributed by atoms with Crippen LogP contribution in [0.3, 0.4) is 0 Å². The average molecular weight is 334 g/mol. The minimum atomic E-state index is 0.756. The zero-order chi connectivity index (χ0) is 17.0. The molecule has 1 fully saturated rings. The molecule has 1 heterocycles. The van der Waals surface area contributed by atoms with Crippen LogP contribution < -0.4 is 10.6 Å². The van der Waals surface area contributed by atoms with Crippen LogP contribution in [0.25, 0.3) is 0 Å². The lowest BCUT2D eigenvalue weighted by molar-refractivity contribution is 0.0341. The molecule has 0 amide bonds. The van der Waals surface area contributed by atoms with Crippen LogP contribution in [-0.4, -0.2) is 64.5 Å². The molecule has 0 atom stereocenters. The van der Waals surface area contributed by atoms with Crippen LogP contribution >= 0.6 is 0 Å². The Labute approximate surface area is 145 Å². The van der Waals surface area contributed by atoms with Gasteiger partial charge in [0.1, 0.15) is 0 Å². The number of morpholine rings is 1. The SMILES string of the molecule is CN=C(NCCCOC)NCc1ccccc1CN1CCOCC1. The first kappa shape index (κ1) is 18.7. The highest BCUT2D eigenvalue weighted by atomic mass is 16.5. The van der Waals surface area contributed by atoms with E-state index in [0.717, 1.165) is 64.9 Å². The zero-order valence-electron chi connectivity index (χ0n) is 14.9. The quantitative estimate of drug-likeness (QED) is 0.425. The summed E-state index contributed by atoms with van der Waals surface area (Å²) in [6.45, 7) is 7.02. The summed E-state index contributed by atoms with van der Waals surface area (Å²) in [6, 6.07) is 8.59. The molecule has 1 saturated heterocycles. The van der Waals surface area contributed by atoms with Gasteiger partial charge in [-0.3, -0.25) is 9.89 Å². The summed E-state index contributed by atoms with van der Waals surface area (Å²) >= 11 is 0. The van der Waals surface area contributed by atoms with E-state index in [-0.39, 0.29) is 0 Å². The molecular formula is C18H30N4O2. The predicted molar refractivity (Wildman–Crippen MR) is 97.2 cm³/mol. The number of nitrogens with one attached hydrogen (secondary N) is 2. The van der Waals surface area contributed by atoms with Crippen molar-refractivity contribution in [3.05, 3.63) is 35.4 Å². The van der Waals surface area contributed by atoms with E-state index in [4.69, 9.17) is 9.47 Å². The van der Waals surface area contributed by atoms with Crippen LogP contribution in [0.15, 0.2) is 29.3 Å². The van der Waals surface area contributed by atoms with Gasteiger partial charge < -0.3 is 20.1 Å². The number of ether oxygens (including phenoxy) is 2. The molecule has 24 heavy (non-hydrogen) atoms. The van der Waals surface area contributed by atoms with Crippen LogP contribution in [-0.2, 0) is 22.6 Å². The van der Waals surface area contributed by atoms with Gasteiger partial charge in [0.05, 0.1) is 13.2 Å². The highest BCUT2D eigenvalue weighted by Crippen LogP contribution is 2.12. The number of hydrogen-bond donors (Lipinski definition) is 2. The Morgan fingerprint density at radius 2 is 1.96 bits per heavy atom. The number of hydrogen-bond acceptors (Lipinski definition) is 4. The van der Waals surface area contributed by atoms with Gasteiger partial charge in [0, 0.05) is 53.5 Å². The Balaban J connectivity index is 1.84. The van der Waals surface area contributed by atoms with Crippen molar-refractivity contribution in [3.63, 3.8) is 0 Å². The molecule has 1 aromatic rings. The van der Waals surface area contributed by atoms with Gasteiger partial charge in [-0.15, -0.1) is 0 Å². The van der Waals surface area contributed by atoms with Crippen LogP contribution in [0.5, 0.6) is 0 Å². The van der Waals surface area contributed by atoms with E-state index in [1.165, 1.54) is 11.1 Å². The van der Waals surface area contributed by atoms with E-state index in [0.29, 0.717) is 0 Å². The molecule has 0 radical (unpaired) electrons. The molecule has 1 aromatic carbocycles. The van der Waals surface area contributed by atoms with Crippen molar-refractivity contribution in [2.24, 2.45) is 4.99 Å². The van der Waals surface area contributed by atoms with Gasteiger partial charge in [0.15, 0.2) is 5.96 Å². The molecule has 6 nitrogen and oxygen atoms in total. The van der Waals surface area contributed by atoms with Crippen molar-refractivity contribution in [3.8, 4) is 0 Å². The van der Waals surface area contributed by atoms with Crippen LogP contribution in [0.4, 0.5) is 0 Å². The van der Waals surface area contributed by atoms with E-state index in [2.05, 4.69) is 44.8 Å². The Hall–Kier alpha value is -1.63. The molecule has 2 rings (SSSR count). The average Bonchev–Trinajstić information content (AvgIpc) is 2.63. The second-order valence-corrected chi connectivity index (χ2v) is 5.86. The predicted octanol–water partition coefficient (Wildman–Crippen LogP) is 1.22. The van der Waals surface area contributed by atoms with Gasteiger partial charge >= 0.3 is 0 Å². The molecule has 134 valence electrons. The van der Waals surface area contributed by atoms with E-state index in [1.807, 2.05) is 0 Å². The smallest absolute Gasteiger partial charge is 0.191 e. The summed E-state index contributed by atoms with van der Waals surface area (Å²) < 4.78 is 10.5. The number of aliphatic imine (C=N–C) groups is 1. The van der Waals surface area contributed by atoms with Gasteiger partial charge in [0.2, 0.25) is 0 Å². The summed E-state index contributed by atoms with van der Waals surface area (Å²) in [7, 11) is 3.52. The zero-order valence-corrected chi connectivity index (χ0v) is 14.9. The van der Waals surface area contributed by atoms with E-state index in [9.17, 15) is 0 Å². The van der Waals surface area contributed by atoms with E-state index in [1.54, 1.807) is 14.2 Å². The maximum atomic E-state index is 5.43. The summed E-state index contributed by atoms with van der Waals surface area (Å²) in [4.78, 5) is 6.72. The molecule has 0 saturated carbocycles. The number of benzene rings is 1. The van der Waals surface area contributed by atoms with Gasteiger partial charge in [-0.05, 0) is 17.5 Å². The van der Waals surface area contributed by atoms with Gasteiger partial charge in [-0.2, -0.15) is 0 Å². The summed E-state index contributed by atoms with van der Waals surface area (Å²) in [6.07, 6.45) is 0.963. The maximum Gasteiger partial charge on any atom is 0.191 e. The second kappa shape index (κ2) is 11.0. The van der Waals surface area contributed by atoms with Crippen LogP contribution in [0.1, 0.15) is 17.5 Å². The highest BCUT2D eigenvalue weighted by Gasteiger charge is 2.12. The fraction of sp³-hybridized carbons (Fsp3) is 0.611. The first-order valence-electron chi connectivity index (χ1n) is 8.64. The Kier molecular flexibility index (Phi) is 8.59. The summed E-state index contributed by atoms with van der Waals surface area (Å²) in [5.74, 6) is 0.826. The normalized spacial score (nSPS) is 16.2. The summed E-state index contributed by atoms with van der Waals surface area (Å²) in [5, 5.41) is 6.70. The number of rotatable bonds is 8. The van der Waals surface area contributed by atoms with Gasteiger partial charge in [-0.25, -0.2) is 0 Å². The Morgan fingerprint density at radius 3 is 2.67 bits per heavy atom. The lowest BCUT2D eigenvalue weighted by Gasteiger charge is -2.27. The Morgan fingerprint density at radius 1 is 1.21 bits per heavy atom. The molecule has 2 N–H and O–H groups in total. The molecule has 0 aromatic heterocycles. The first-order chi connectivity index (χ1) is 11.8. The number of guanidine groups is 1. The minimum absolute atomic E-state index is 0.756. The van der Waals surface area contributed by atoms with E-state index >= 15 is 0 Å². The van der Waals surface area contributed by atoms with Gasteiger partial charge in [0.25, 0.3) is 0 Å². The van der Waals surface area contributed by atoms with Crippen molar-refractivity contribution in [1.29, 1.82) is 0 Å². The van der Waals surface area contributed by atoms with Crippen molar-refractivity contribution >= 4 is 5.96 Å². The number of methoxy groups -OCH3 is 1. The number of nitrogens with zero attached hydrogens (tertiary/aromatic N) is 2. The fourth-order valence-electron chi connectivity index (χ4n) is 2.71. The molecule has 0 unspecified atom stereocenters. The van der Waals surface area contributed by atoms with Crippen molar-refractivity contribution < 1.29 is 9.47 Å². The van der Waals surface area contributed by atoms with Crippen molar-refractivity contribution in [1.82, 2.24) is 15.5 Å². The molecule has 6 heteroatoms. The molecule has 0 aliphatic carbocycles. The van der Waals surface area contributed by atoms with Crippen molar-refractivity contribution in [2.45, 2.75) is 19.5 Å². The molecular weight excluding hydrogens is 304 g/mol. The molecule has 0 bridgehead atoms. The first-order valence-corrected chi connectivity index (χ1v) is 8.64. The minimum Gasteiger partial charge on any atom is -0.385 e. The topological polar surface area (TPSA) is 58.1 Å². The molecule has 0 spiro atoms. The van der Waals surface area contributed by atoms with Crippen LogP contribution in [0, 0.1) is 0 Å². The van der Waals surface area contributed by atoms with Gasteiger partial charge in [-0.1, -0.05) is 24.3 Å². The molecule has 1 aliphatic rings. The highest BCUT2D eigenvalue weighted by molar-refractivity contribution is 5.79. The lowest BCUT2D eigenvalue weighted by Crippen LogP contribution is -2.38. The third kappa shape index (κ3) is 6.47. The van der Waals surface area contributed by atoms with E-state index < -0.39 is 0 Å². The lowest BCUT2D eigenvalue weighted by atomic mass is 10.1. The molecule has 1 aliphatic heterocycles. The third-order valence-electron chi connectivity index (χ3n) is 4.10. The maximum absolute atomic E-state index is 5.43. The largest absolute Gasteiger partial charge is 0.385 e. The van der Waals surface area contributed by atoms with Crippen LogP contribution in [0.2, 0.25) is 0 Å². The third-order valence-corrected chi connectivity index (χ3v) is 4.10. The fourth-order valence-corrected chi connectivity index (χ4v) is 2.71. The van der Waals surface area contributed by atoms with Crippen molar-refractivity contribution in [2.75, 3.05) is 53.6 Å². The second-order valence-electron chi connectivity index (χ2n) is 5.86. The standard InChI is InChI=1S/C18H30N4O2/c1-19-18(20-8-5-11-23-2)21-14-16-6-3-4-7-17(16)15-22-9-12-24-13-10-22/h3-4,6-7H,5,8-15H2,1-2H3,(H2,19,20,21).